The van der Waals surface area contributed by atoms with E-state index in [1.54, 1.807) is 12.1 Å². The number of nitrogens with zero attached hydrogens (tertiary/aromatic N) is 3. The minimum absolute atomic E-state index is 0.103. The van der Waals surface area contributed by atoms with Gasteiger partial charge in [0, 0.05) is 0 Å². The number of furan rings is 1. The third-order valence-corrected chi connectivity index (χ3v) is 1.53. The van der Waals surface area contributed by atoms with Crippen LogP contribution in [0.25, 0.3) is 0 Å². The molecule has 0 bridgehead atoms. The summed E-state index contributed by atoms with van der Waals surface area (Å²) in [6, 6.07) is 3.43. The first-order valence-electron chi connectivity index (χ1n) is 4.08. The number of hydrazone groups is 1. The maximum absolute atomic E-state index is 11.2. The summed E-state index contributed by atoms with van der Waals surface area (Å²) in [7, 11) is 0. The molecule has 0 aromatic carbocycles. The minimum atomic E-state index is -0.463. The zero-order chi connectivity index (χ0) is 10.5. The molecule has 0 saturated carbocycles. The van der Waals surface area contributed by atoms with Gasteiger partial charge in [-0.15, -0.1) is 0 Å². The summed E-state index contributed by atoms with van der Waals surface area (Å²) in [5.41, 5.74) is 2.26. The first kappa shape index (κ1) is 9.13. The third kappa shape index (κ3) is 2.27. The monoisotopic (exact) mass is 205 g/mol. The molecule has 2 N–H and O–H groups in total. The van der Waals surface area contributed by atoms with Crippen molar-refractivity contribution in [1.82, 2.24) is 20.6 Å². The molecule has 2 rings (SSSR count). The lowest BCUT2D eigenvalue weighted by Gasteiger charge is -1.92. The largest absolute Gasteiger partial charge is 0.463 e. The number of carbonyl (C=O) groups is 1. The normalized spacial score (nSPS) is 10.7. The number of nitrogens with one attached hydrogen (secondary N) is 2. The molecule has 0 aliphatic heterocycles. The molecular weight excluding hydrogens is 198 g/mol. The van der Waals surface area contributed by atoms with Crippen LogP contribution >= 0.6 is 0 Å². The molecule has 76 valence electrons. The Kier molecular flexibility index (Phi) is 2.54. The standard InChI is InChI=1S/C8H7N5O2/c14-8(7-9-5-11-12-7)13-10-4-6-2-1-3-15-6/h1-5H,(H,13,14)(H,9,11,12). The second kappa shape index (κ2) is 4.18. The highest BCUT2D eigenvalue weighted by Gasteiger charge is 2.05. The first-order chi connectivity index (χ1) is 7.36. The van der Waals surface area contributed by atoms with Crippen LogP contribution in [0, 0.1) is 0 Å². The van der Waals surface area contributed by atoms with E-state index in [-0.39, 0.29) is 5.82 Å². The molecule has 1 amide bonds. The molecule has 0 unspecified atom stereocenters. The summed E-state index contributed by atoms with van der Waals surface area (Å²) in [6.45, 7) is 0. The Labute approximate surface area is 84.2 Å². The summed E-state index contributed by atoms with van der Waals surface area (Å²) in [6.07, 6.45) is 4.14. The molecule has 15 heavy (non-hydrogen) atoms. The fraction of sp³-hybridized carbons (Fsp3) is 0. The second-order valence-electron chi connectivity index (χ2n) is 2.55. The Bertz CT molecular complexity index is 445. The highest BCUT2D eigenvalue weighted by Crippen LogP contribution is 1.94. The van der Waals surface area contributed by atoms with Crippen LogP contribution in [-0.2, 0) is 0 Å². The second-order valence-corrected chi connectivity index (χ2v) is 2.55. The highest BCUT2D eigenvalue weighted by molar-refractivity contribution is 5.90. The molecule has 0 aliphatic carbocycles. The summed E-state index contributed by atoms with van der Waals surface area (Å²) in [5, 5.41) is 9.61. The van der Waals surface area contributed by atoms with E-state index >= 15 is 0 Å². The number of H-pyrrole nitrogens is 1. The van der Waals surface area contributed by atoms with Gasteiger partial charge in [-0.25, -0.2) is 10.4 Å². The van der Waals surface area contributed by atoms with Crippen molar-refractivity contribution < 1.29 is 9.21 Å². The Morgan fingerprint density at radius 1 is 1.67 bits per heavy atom. The van der Waals surface area contributed by atoms with Crippen LogP contribution in [0.2, 0.25) is 0 Å². The van der Waals surface area contributed by atoms with Crippen molar-refractivity contribution in [2.24, 2.45) is 5.10 Å². The average Bonchev–Trinajstić information content (AvgIpc) is 2.90. The zero-order valence-electron chi connectivity index (χ0n) is 7.54. The topological polar surface area (TPSA) is 96.2 Å². The van der Waals surface area contributed by atoms with Crippen molar-refractivity contribution in [1.29, 1.82) is 0 Å². The van der Waals surface area contributed by atoms with Crippen molar-refractivity contribution in [3.63, 3.8) is 0 Å². The Morgan fingerprint density at radius 3 is 3.27 bits per heavy atom. The summed E-state index contributed by atoms with van der Waals surface area (Å²) >= 11 is 0. The molecule has 2 aromatic rings. The molecule has 0 saturated heterocycles. The lowest BCUT2D eigenvalue weighted by Crippen LogP contribution is -2.19. The summed E-state index contributed by atoms with van der Waals surface area (Å²) < 4.78 is 4.97. The fourth-order valence-electron chi connectivity index (χ4n) is 0.887. The Hall–Kier alpha value is -2.44. The predicted molar refractivity (Wildman–Crippen MR) is 50.2 cm³/mol. The van der Waals surface area contributed by atoms with E-state index in [4.69, 9.17) is 4.42 Å². The number of carbonyl (C=O) groups excluding carboxylic acids is 1. The highest BCUT2D eigenvalue weighted by atomic mass is 16.3. The molecule has 0 radical (unpaired) electrons. The lowest BCUT2D eigenvalue weighted by molar-refractivity contribution is 0.0945. The van der Waals surface area contributed by atoms with Crippen LogP contribution < -0.4 is 5.43 Å². The van der Waals surface area contributed by atoms with Crippen LogP contribution in [-0.4, -0.2) is 27.3 Å². The minimum Gasteiger partial charge on any atom is -0.463 e. The van der Waals surface area contributed by atoms with Crippen molar-refractivity contribution in [3.8, 4) is 0 Å². The van der Waals surface area contributed by atoms with Gasteiger partial charge in [-0.2, -0.15) is 10.2 Å². The van der Waals surface area contributed by atoms with E-state index in [0.29, 0.717) is 5.76 Å². The van der Waals surface area contributed by atoms with E-state index in [1.165, 1.54) is 18.8 Å². The summed E-state index contributed by atoms with van der Waals surface area (Å²) in [4.78, 5) is 14.9. The Balaban J connectivity index is 1.91. The molecule has 0 atom stereocenters. The van der Waals surface area contributed by atoms with Crippen LogP contribution in [0.5, 0.6) is 0 Å². The molecule has 2 heterocycles. The molecule has 2 aromatic heterocycles. The van der Waals surface area contributed by atoms with Crippen molar-refractivity contribution in [2.45, 2.75) is 0 Å². The van der Waals surface area contributed by atoms with Gasteiger partial charge in [0.05, 0.1) is 12.5 Å². The molecule has 7 nitrogen and oxygen atoms in total. The van der Waals surface area contributed by atoms with Gasteiger partial charge in [0.1, 0.15) is 12.1 Å². The molecule has 7 heteroatoms. The number of hydrogen-bond donors (Lipinski definition) is 2. The van der Waals surface area contributed by atoms with Crippen LogP contribution in [0.1, 0.15) is 16.4 Å². The number of amides is 1. The van der Waals surface area contributed by atoms with E-state index < -0.39 is 5.91 Å². The Morgan fingerprint density at radius 2 is 2.60 bits per heavy atom. The number of rotatable bonds is 3. The lowest BCUT2D eigenvalue weighted by atomic mass is 10.5. The van der Waals surface area contributed by atoms with Gasteiger partial charge in [-0.1, -0.05) is 0 Å². The quantitative estimate of drug-likeness (QED) is 0.551. The zero-order valence-corrected chi connectivity index (χ0v) is 7.54. The van der Waals surface area contributed by atoms with E-state index in [2.05, 4.69) is 25.7 Å². The smallest absolute Gasteiger partial charge is 0.308 e. The molecule has 0 spiro atoms. The van der Waals surface area contributed by atoms with Crippen LogP contribution in [0.15, 0.2) is 34.2 Å². The molecular formula is C8H7N5O2. The maximum atomic E-state index is 11.2. The van der Waals surface area contributed by atoms with Gasteiger partial charge in [-0.3, -0.25) is 9.89 Å². The number of aromatic nitrogens is 3. The van der Waals surface area contributed by atoms with Crippen molar-refractivity contribution >= 4 is 12.1 Å². The first-order valence-corrected chi connectivity index (χ1v) is 4.08. The van der Waals surface area contributed by atoms with Crippen molar-refractivity contribution in [3.05, 3.63) is 36.3 Å². The SMILES string of the molecule is O=C(NN=Cc1ccco1)c1ncn[nH]1. The fourth-order valence-corrected chi connectivity index (χ4v) is 0.887. The number of hydrogen-bond acceptors (Lipinski definition) is 5. The molecule has 0 aliphatic rings. The van der Waals surface area contributed by atoms with Gasteiger partial charge >= 0.3 is 5.91 Å². The van der Waals surface area contributed by atoms with E-state index in [9.17, 15) is 4.79 Å². The van der Waals surface area contributed by atoms with Crippen LogP contribution in [0.4, 0.5) is 0 Å². The van der Waals surface area contributed by atoms with Gasteiger partial charge in [-0.05, 0) is 12.1 Å². The average molecular weight is 205 g/mol. The third-order valence-electron chi connectivity index (χ3n) is 1.53. The van der Waals surface area contributed by atoms with Gasteiger partial charge in [0.2, 0.25) is 5.82 Å². The maximum Gasteiger partial charge on any atom is 0.308 e. The van der Waals surface area contributed by atoms with Crippen LogP contribution in [0.3, 0.4) is 0 Å². The van der Waals surface area contributed by atoms with Gasteiger partial charge in [0.25, 0.3) is 0 Å². The predicted octanol–water partition coefficient (Wildman–Crippen LogP) is 0.162. The molecule has 0 fully saturated rings. The van der Waals surface area contributed by atoms with E-state index in [1.807, 2.05) is 0 Å². The van der Waals surface area contributed by atoms with Gasteiger partial charge < -0.3 is 4.42 Å². The number of aromatic amines is 1. The van der Waals surface area contributed by atoms with Gasteiger partial charge in [0.15, 0.2) is 0 Å². The summed E-state index contributed by atoms with van der Waals surface area (Å²) in [5.74, 6) is 0.190. The van der Waals surface area contributed by atoms with E-state index in [0.717, 1.165) is 0 Å². The van der Waals surface area contributed by atoms with Crippen molar-refractivity contribution in [2.75, 3.05) is 0 Å².